The van der Waals surface area contributed by atoms with E-state index in [-0.39, 0.29) is 34.0 Å². The highest BCUT2D eigenvalue weighted by atomic mass is 19.1. The molecule has 3 aliphatic rings. The lowest BCUT2D eigenvalue weighted by Crippen LogP contribution is -2.53. The average Bonchev–Trinajstić information content (AvgIpc) is 2.68. The number of hydrogen-bond acceptors (Lipinski definition) is 3. The molecule has 6 rings (SSSR count). The lowest BCUT2D eigenvalue weighted by molar-refractivity contribution is -0.136. The summed E-state index contributed by atoms with van der Waals surface area (Å²) in [5.74, 6) is -4.63. The molecule has 0 radical (unpaired) electrons. The molecule has 2 aromatic heterocycles. The molecular weight excluding hydrogens is 438 g/mol. The van der Waals surface area contributed by atoms with Crippen molar-refractivity contribution in [2.75, 3.05) is 0 Å². The van der Waals surface area contributed by atoms with E-state index in [4.69, 9.17) is 0 Å². The third-order valence-corrected chi connectivity index (χ3v) is 7.02. The average molecular weight is 459 g/mol. The fraction of sp³-hybridized carbons (Fsp3) is 0.375. The van der Waals surface area contributed by atoms with Crippen LogP contribution >= 0.6 is 0 Å². The van der Waals surface area contributed by atoms with Crippen molar-refractivity contribution in [3.8, 4) is 0 Å². The highest BCUT2D eigenvalue weighted by molar-refractivity contribution is 5.87. The first kappa shape index (κ1) is 21.6. The normalized spacial score (nSPS) is 22.9. The van der Waals surface area contributed by atoms with E-state index in [1.54, 1.807) is 0 Å². The maximum absolute atomic E-state index is 15.5. The monoisotopic (exact) mass is 459 g/mol. The number of nitrogens with zero attached hydrogens (tertiary/aromatic N) is 1. The van der Waals surface area contributed by atoms with Gasteiger partial charge in [0.15, 0.2) is 0 Å². The summed E-state index contributed by atoms with van der Waals surface area (Å²) in [5.41, 5.74) is -1.32. The van der Waals surface area contributed by atoms with Gasteiger partial charge in [0.05, 0.1) is 34.9 Å². The summed E-state index contributed by atoms with van der Waals surface area (Å²) in [6, 6.07) is 3.05. The summed E-state index contributed by atoms with van der Waals surface area (Å²) in [4.78, 5) is 32.4. The molecule has 2 atom stereocenters. The van der Waals surface area contributed by atoms with Gasteiger partial charge in [-0.15, -0.1) is 0 Å². The Morgan fingerprint density at radius 3 is 2.55 bits per heavy atom. The molecule has 2 bridgehead atoms. The lowest BCUT2D eigenvalue weighted by Gasteiger charge is -2.63. The van der Waals surface area contributed by atoms with E-state index in [1.807, 2.05) is 0 Å². The van der Waals surface area contributed by atoms with Crippen LogP contribution in [0.1, 0.15) is 55.8 Å². The number of carbonyl (C=O) groups excluding carboxylic acids is 1. The number of pyridine rings is 2. The predicted octanol–water partition coefficient (Wildman–Crippen LogP) is 4.63. The first-order chi connectivity index (χ1) is 15.7. The van der Waals surface area contributed by atoms with Gasteiger partial charge >= 0.3 is 0 Å². The fourth-order valence-corrected chi connectivity index (χ4v) is 5.35. The van der Waals surface area contributed by atoms with Gasteiger partial charge in [-0.3, -0.25) is 14.6 Å². The molecule has 9 heteroatoms. The number of aromatic nitrogens is 2. The topological polar surface area (TPSA) is 74.8 Å². The van der Waals surface area contributed by atoms with E-state index >= 15 is 4.39 Å². The summed E-state index contributed by atoms with van der Waals surface area (Å²) in [6.07, 6.45) is 3.80. The van der Waals surface area contributed by atoms with Crippen molar-refractivity contribution in [3.05, 3.63) is 75.3 Å². The van der Waals surface area contributed by atoms with E-state index in [0.29, 0.717) is 12.0 Å². The molecule has 33 heavy (non-hydrogen) atoms. The van der Waals surface area contributed by atoms with E-state index in [9.17, 15) is 22.8 Å². The van der Waals surface area contributed by atoms with E-state index in [2.05, 4.69) is 15.3 Å². The van der Waals surface area contributed by atoms with Crippen LogP contribution in [0.3, 0.4) is 0 Å². The highest BCUT2D eigenvalue weighted by Gasteiger charge is 2.57. The van der Waals surface area contributed by atoms with Crippen LogP contribution in [0, 0.1) is 34.6 Å². The van der Waals surface area contributed by atoms with Crippen LogP contribution in [-0.4, -0.2) is 15.9 Å². The Labute approximate surface area is 186 Å². The molecule has 3 aromatic rings. The zero-order chi connectivity index (χ0) is 23.5. The predicted molar refractivity (Wildman–Crippen MR) is 112 cm³/mol. The third-order valence-electron chi connectivity index (χ3n) is 7.02. The minimum atomic E-state index is -1.16. The van der Waals surface area contributed by atoms with Crippen LogP contribution in [0.15, 0.2) is 35.3 Å². The Kier molecular flexibility index (Phi) is 5.02. The molecular formula is C24H21F4N3O2. The molecule has 1 aromatic carbocycles. The number of halogens is 4. The first-order valence-electron chi connectivity index (χ1n) is 10.8. The highest BCUT2D eigenvalue weighted by Crippen LogP contribution is 2.67. The van der Waals surface area contributed by atoms with Crippen LogP contribution < -0.4 is 10.9 Å². The van der Waals surface area contributed by atoms with Crippen molar-refractivity contribution >= 4 is 16.8 Å². The smallest absolute Gasteiger partial charge is 0.255 e. The van der Waals surface area contributed by atoms with Gasteiger partial charge in [0.1, 0.15) is 23.3 Å². The third kappa shape index (κ3) is 3.69. The van der Waals surface area contributed by atoms with Crippen molar-refractivity contribution in [2.45, 2.75) is 44.6 Å². The van der Waals surface area contributed by atoms with Crippen LogP contribution in [0.5, 0.6) is 0 Å². The maximum atomic E-state index is 15.5. The molecule has 5 nitrogen and oxygen atoms in total. The second kappa shape index (κ2) is 7.67. The van der Waals surface area contributed by atoms with Gasteiger partial charge in [0, 0.05) is 11.5 Å². The Morgan fingerprint density at radius 2 is 1.91 bits per heavy atom. The number of carbonyl (C=O) groups is 1. The number of H-pyrrole nitrogens is 1. The van der Waals surface area contributed by atoms with Crippen LogP contribution in [0.2, 0.25) is 0 Å². The molecule has 1 amide bonds. The van der Waals surface area contributed by atoms with Crippen molar-refractivity contribution in [2.24, 2.45) is 11.3 Å². The number of benzene rings is 1. The van der Waals surface area contributed by atoms with Crippen LogP contribution in [0.4, 0.5) is 17.6 Å². The summed E-state index contributed by atoms with van der Waals surface area (Å²) >= 11 is 0. The van der Waals surface area contributed by atoms with Gasteiger partial charge in [-0.1, -0.05) is 0 Å². The lowest BCUT2D eigenvalue weighted by atomic mass is 9.42. The number of aromatic amines is 1. The molecule has 172 valence electrons. The minimum absolute atomic E-state index is 0.123. The summed E-state index contributed by atoms with van der Waals surface area (Å²) < 4.78 is 56.6. The Balaban J connectivity index is 1.52. The number of rotatable bonds is 6. The van der Waals surface area contributed by atoms with Gasteiger partial charge in [-0.25, -0.2) is 17.6 Å². The summed E-state index contributed by atoms with van der Waals surface area (Å²) in [6.45, 7) is 1.47. The molecule has 0 spiro atoms. The van der Waals surface area contributed by atoms with E-state index < -0.39 is 46.7 Å². The quantitative estimate of drug-likeness (QED) is 0.528. The van der Waals surface area contributed by atoms with Gasteiger partial charge in [0.2, 0.25) is 5.91 Å². The van der Waals surface area contributed by atoms with Crippen molar-refractivity contribution in [1.29, 1.82) is 0 Å². The molecule has 2 N–H and O–H groups in total. The van der Waals surface area contributed by atoms with E-state index in [0.717, 1.165) is 37.6 Å². The number of fused-ring (bicyclic) bond motifs is 1. The second-order valence-corrected chi connectivity index (χ2v) is 9.36. The molecule has 3 aliphatic carbocycles. The summed E-state index contributed by atoms with van der Waals surface area (Å²) in [5, 5.41) is 2.47. The van der Waals surface area contributed by atoms with Crippen LogP contribution in [-0.2, 0) is 4.79 Å². The molecule has 3 fully saturated rings. The van der Waals surface area contributed by atoms with E-state index in [1.165, 1.54) is 13.0 Å². The minimum Gasteiger partial charge on any atom is -0.347 e. The van der Waals surface area contributed by atoms with Crippen molar-refractivity contribution in [3.63, 3.8) is 0 Å². The first-order valence-corrected chi connectivity index (χ1v) is 10.8. The zero-order valence-corrected chi connectivity index (χ0v) is 17.7. The SMILES string of the molecule is C[C@@H](NC(=O)[C@@H](CC12CC(C1)C2)c1c(F)c2cc(F)ccc2[nH]c1=O)c1ncc(F)cc1F. The Morgan fingerprint density at radius 1 is 1.18 bits per heavy atom. The molecule has 0 aliphatic heterocycles. The molecule has 2 heterocycles. The Hall–Kier alpha value is -3.23. The molecule has 0 saturated heterocycles. The van der Waals surface area contributed by atoms with Gasteiger partial charge in [-0.2, -0.15) is 0 Å². The zero-order valence-electron chi connectivity index (χ0n) is 17.7. The number of amides is 1. The van der Waals surface area contributed by atoms with Crippen molar-refractivity contribution < 1.29 is 22.4 Å². The Bertz CT molecular complexity index is 1320. The molecule has 0 unspecified atom stereocenters. The molecule has 3 saturated carbocycles. The number of hydrogen-bond donors (Lipinski definition) is 2. The number of nitrogens with one attached hydrogen (secondary N) is 2. The summed E-state index contributed by atoms with van der Waals surface area (Å²) in [7, 11) is 0. The van der Waals surface area contributed by atoms with Crippen LogP contribution in [0.25, 0.3) is 10.9 Å². The van der Waals surface area contributed by atoms with Crippen molar-refractivity contribution in [1.82, 2.24) is 15.3 Å². The largest absolute Gasteiger partial charge is 0.347 e. The van der Waals surface area contributed by atoms with Gasteiger partial charge < -0.3 is 10.3 Å². The van der Waals surface area contributed by atoms with Gasteiger partial charge in [0.25, 0.3) is 5.56 Å². The second-order valence-electron chi connectivity index (χ2n) is 9.36. The standard InChI is InChI=1S/C24H21F4N3O2/c1-11(21-17(27)5-14(26)10-29-21)30-22(32)16(9-24-6-12(7-24)8-24)19-20(28)15-4-13(25)2-3-18(15)31-23(19)33/h2-5,10-12,16H,6-9H2,1H3,(H,30,32)(H,31,33)/t11-,12?,16+,24?/m1/s1. The maximum Gasteiger partial charge on any atom is 0.255 e. The fourth-order valence-electron chi connectivity index (χ4n) is 5.35. The van der Waals surface area contributed by atoms with Gasteiger partial charge in [-0.05, 0) is 62.1 Å².